The Kier molecular flexibility index (Phi) is 9.30. The summed E-state index contributed by atoms with van der Waals surface area (Å²) >= 11 is 0. The van der Waals surface area contributed by atoms with Gasteiger partial charge < -0.3 is 9.80 Å². The van der Waals surface area contributed by atoms with Crippen LogP contribution in [-0.2, 0) is 16.2 Å². The van der Waals surface area contributed by atoms with Gasteiger partial charge in [-0.1, -0.05) is 212 Å². The van der Waals surface area contributed by atoms with Crippen LogP contribution in [0.1, 0.15) is 91.6 Å². The van der Waals surface area contributed by atoms with Gasteiger partial charge in [-0.2, -0.15) is 0 Å². The topological polar surface area (TPSA) is 6.48 Å². The maximum absolute atomic E-state index is 5.06. The van der Waals surface area contributed by atoms with Crippen LogP contribution in [0.2, 0.25) is 0 Å². The van der Waals surface area contributed by atoms with Crippen molar-refractivity contribution in [3.8, 4) is 22.3 Å². The van der Waals surface area contributed by atoms with Crippen molar-refractivity contribution in [2.45, 2.75) is 57.8 Å². The first kappa shape index (κ1) is 42.9. The summed E-state index contributed by atoms with van der Waals surface area (Å²) in [5.74, 6) is 0. The van der Waals surface area contributed by atoms with Gasteiger partial charge in [-0.3, -0.25) is 0 Å². The standard InChI is InChI=1S/C69H56N2/c1-9-44-23-10-11-24-47(44)43(2)64-48-39-37-46(71-62-35-20-16-30-57(62)69(7,8)58-31-17-21-36-63(58)71)42-53(48)65(51-26-22-32-59-66(51)50-25-12-13-27-54(50)67(59,3)4)49-40-38-45(41-52(49)64)70-60-33-18-14-28-55(60)68(5,6)56-29-15-19-34-61(56)70/h9-42H,1-2H2,3-8H3. The molecule has 3 aliphatic rings. The van der Waals surface area contributed by atoms with E-state index in [0.717, 1.165) is 44.4 Å². The molecule has 2 heterocycles. The molecule has 0 unspecified atom stereocenters. The van der Waals surface area contributed by atoms with Crippen molar-refractivity contribution in [2.75, 3.05) is 9.80 Å². The average molecular weight is 913 g/mol. The molecular formula is C69H56N2. The van der Waals surface area contributed by atoms with Crippen molar-refractivity contribution in [1.29, 1.82) is 0 Å². The van der Waals surface area contributed by atoms with Crippen molar-refractivity contribution < 1.29 is 0 Å². The number of hydrogen-bond donors (Lipinski definition) is 0. The Balaban J connectivity index is 1.18. The Hall–Kier alpha value is -8.20. The Morgan fingerprint density at radius 1 is 0.380 bits per heavy atom. The summed E-state index contributed by atoms with van der Waals surface area (Å²) < 4.78 is 0. The van der Waals surface area contributed by atoms with Gasteiger partial charge in [-0.05, 0) is 148 Å². The first-order chi connectivity index (χ1) is 34.4. The number of rotatable bonds is 6. The smallest absolute Gasteiger partial charge is 0.0502 e. The highest BCUT2D eigenvalue weighted by Gasteiger charge is 2.40. The number of anilines is 6. The molecule has 13 rings (SSSR count). The number of nitrogens with zero attached hydrogens (tertiary/aromatic N) is 2. The number of benzene rings is 10. The van der Waals surface area contributed by atoms with Crippen LogP contribution in [0.3, 0.4) is 0 Å². The Morgan fingerprint density at radius 2 is 0.803 bits per heavy atom. The second kappa shape index (κ2) is 15.4. The van der Waals surface area contributed by atoms with E-state index in [-0.39, 0.29) is 16.2 Å². The lowest BCUT2D eigenvalue weighted by Crippen LogP contribution is -2.30. The third kappa shape index (κ3) is 6.01. The van der Waals surface area contributed by atoms with Crippen LogP contribution in [0.4, 0.5) is 34.1 Å². The molecule has 0 spiro atoms. The van der Waals surface area contributed by atoms with Crippen molar-refractivity contribution in [2.24, 2.45) is 0 Å². The molecule has 0 radical (unpaired) electrons. The van der Waals surface area contributed by atoms with Crippen LogP contribution < -0.4 is 9.80 Å². The summed E-state index contributed by atoms with van der Waals surface area (Å²) in [6, 6.07) is 74.9. The zero-order valence-corrected chi connectivity index (χ0v) is 41.4. The van der Waals surface area contributed by atoms with Gasteiger partial charge in [0.25, 0.3) is 0 Å². The molecule has 0 aromatic heterocycles. The Labute approximate surface area is 418 Å². The van der Waals surface area contributed by atoms with Gasteiger partial charge in [0.1, 0.15) is 0 Å². The summed E-state index contributed by atoms with van der Waals surface area (Å²) in [5, 5.41) is 4.67. The minimum Gasteiger partial charge on any atom is -0.310 e. The van der Waals surface area contributed by atoms with Gasteiger partial charge >= 0.3 is 0 Å². The molecule has 1 aliphatic carbocycles. The normalized spacial score (nSPS) is 15.3. The lowest BCUT2D eigenvalue weighted by Gasteiger charge is -2.42. The number of hydrogen-bond acceptors (Lipinski definition) is 2. The second-order valence-electron chi connectivity index (χ2n) is 21.4. The molecule has 2 heteroatoms. The fourth-order valence-electron chi connectivity index (χ4n) is 13.0. The highest BCUT2D eigenvalue weighted by Crippen LogP contribution is 2.58. The molecule has 0 N–H and O–H groups in total. The van der Waals surface area contributed by atoms with Crippen molar-refractivity contribution in [3.63, 3.8) is 0 Å². The van der Waals surface area contributed by atoms with Crippen molar-refractivity contribution in [3.05, 3.63) is 263 Å². The van der Waals surface area contributed by atoms with E-state index in [2.05, 4.69) is 258 Å². The fraction of sp³-hybridized carbons (Fsp3) is 0.130. The van der Waals surface area contributed by atoms with Gasteiger partial charge in [0, 0.05) is 27.6 Å². The van der Waals surface area contributed by atoms with Crippen LogP contribution in [0, 0.1) is 0 Å². The molecule has 0 saturated carbocycles. The second-order valence-corrected chi connectivity index (χ2v) is 21.4. The highest BCUT2D eigenvalue weighted by atomic mass is 15.2. The van der Waals surface area contributed by atoms with Crippen LogP contribution in [-0.4, -0.2) is 0 Å². The minimum absolute atomic E-state index is 0.175. The predicted octanol–water partition coefficient (Wildman–Crippen LogP) is 18.9. The van der Waals surface area contributed by atoms with E-state index >= 15 is 0 Å². The molecule has 0 atom stereocenters. The summed E-state index contributed by atoms with van der Waals surface area (Å²) in [5.41, 5.74) is 23.7. The van der Waals surface area contributed by atoms with Crippen molar-refractivity contribution >= 4 is 67.3 Å². The van der Waals surface area contributed by atoms with Gasteiger partial charge in [0.15, 0.2) is 0 Å². The third-order valence-electron chi connectivity index (χ3n) is 16.6. The first-order valence-corrected chi connectivity index (χ1v) is 25.1. The van der Waals surface area contributed by atoms with E-state index in [1.165, 1.54) is 89.2 Å². The highest BCUT2D eigenvalue weighted by molar-refractivity contribution is 6.23. The van der Waals surface area contributed by atoms with Crippen LogP contribution in [0.15, 0.2) is 213 Å². The van der Waals surface area contributed by atoms with E-state index in [1.54, 1.807) is 0 Å². The average Bonchev–Trinajstić information content (AvgIpc) is 3.63. The zero-order chi connectivity index (χ0) is 48.6. The van der Waals surface area contributed by atoms with E-state index in [9.17, 15) is 0 Å². The van der Waals surface area contributed by atoms with Gasteiger partial charge in [0.2, 0.25) is 0 Å². The zero-order valence-electron chi connectivity index (χ0n) is 41.4. The molecular weight excluding hydrogens is 857 g/mol. The van der Waals surface area contributed by atoms with E-state index in [1.807, 2.05) is 6.08 Å². The molecule has 0 saturated heterocycles. The van der Waals surface area contributed by atoms with Crippen LogP contribution in [0.5, 0.6) is 0 Å². The Bertz CT molecular complexity index is 3820. The molecule has 2 nitrogen and oxygen atoms in total. The quantitative estimate of drug-likeness (QED) is 0.153. The molecule has 71 heavy (non-hydrogen) atoms. The molecule has 2 aliphatic heterocycles. The van der Waals surface area contributed by atoms with Gasteiger partial charge in [-0.15, -0.1) is 0 Å². The lowest BCUT2D eigenvalue weighted by atomic mass is 9.73. The maximum Gasteiger partial charge on any atom is 0.0502 e. The summed E-state index contributed by atoms with van der Waals surface area (Å²) in [6.07, 6.45) is 1.96. The van der Waals surface area contributed by atoms with Gasteiger partial charge in [0.05, 0.1) is 22.7 Å². The predicted molar refractivity (Wildman–Crippen MR) is 303 cm³/mol. The number of para-hydroxylation sites is 4. The van der Waals surface area contributed by atoms with E-state index in [0.29, 0.717) is 0 Å². The van der Waals surface area contributed by atoms with E-state index < -0.39 is 0 Å². The molecule has 0 bridgehead atoms. The molecule has 10 aromatic rings. The molecule has 0 amide bonds. The maximum atomic E-state index is 5.06. The molecule has 342 valence electrons. The number of fused-ring (bicyclic) bond motifs is 9. The first-order valence-electron chi connectivity index (χ1n) is 25.1. The van der Waals surface area contributed by atoms with Gasteiger partial charge in [-0.25, -0.2) is 0 Å². The fourth-order valence-corrected chi connectivity index (χ4v) is 13.0. The third-order valence-corrected chi connectivity index (χ3v) is 16.6. The van der Waals surface area contributed by atoms with E-state index in [4.69, 9.17) is 6.58 Å². The van der Waals surface area contributed by atoms with Crippen LogP contribution >= 0.6 is 0 Å². The minimum atomic E-state index is -0.182. The monoisotopic (exact) mass is 912 g/mol. The molecule has 0 fully saturated rings. The summed E-state index contributed by atoms with van der Waals surface area (Å²) in [7, 11) is 0. The Morgan fingerprint density at radius 3 is 1.35 bits per heavy atom. The van der Waals surface area contributed by atoms with Crippen molar-refractivity contribution in [1.82, 2.24) is 0 Å². The molecule has 10 aromatic carbocycles. The lowest BCUT2D eigenvalue weighted by molar-refractivity contribution is 0.632. The summed E-state index contributed by atoms with van der Waals surface area (Å²) in [4.78, 5) is 4.98. The summed E-state index contributed by atoms with van der Waals surface area (Å²) in [6.45, 7) is 23.6. The largest absolute Gasteiger partial charge is 0.310 e. The van der Waals surface area contributed by atoms with Crippen LogP contribution in [0.25, 0.3) is 55.4 Å². The SMILES string of the molecule is C=Cc1ccccc1C(=C)c1c2cc(N3c4ccccc4C(C)(C)c4ccccc43)ccc2c(-c2cccc3c2-c2ccccc2C3(C)C)c2cc(N3c4ccccc4C(C)(C)c4ccccc43)ccc12.